The first-order valence-corrected chi connectivity index (χ1v) is 3.07. The van der Waals surface area contributed by atoms with Crippen molar-refractivity contribution >= 4 is 11.9 Å². The first kappa shape index (κ1) is 9.43. The van der Waals surface area contributed by atoms with Crippen molar-refractivity contribution in [3.05, 3.63) is 0 Å². The van der Waals surface area contributed by atoms with E-state index in [-0.39, 0.29) is 6.42 Å². The van der Waals surface area contributed by atoms with Crippen molar-refractivity contribution in [2.24, 2.45) is 5.16 Å². The first-order valence-electron chi connectivity index (χ1n) is 3.07. The first-order chi connectivity index (χ1) is 5.24. The molecule has 0 saturated carbocycles. The number of nitriles is 1. The third-order valence-electron chi connectivity index (χ3n) is 0.851. The van der Waals surface area contributed by atoms with Gasteiger partial charge in [-0.05, 0) is 11.6 Å². The van der Waals surface area contributed by atoms with Gasteiger partial charge in [-0.2, -0.15) is 5.26 Å². The highest BCUT2D eigenvalue weighted by molar-refractivity contribution is 5.98. The molecule has 11 heavy (non-hydrogen) atoms. The maximum absolute atomic E-state index is 10.6. The second-order valence-corrected chi connectivity index (χ2v) is 1.74. The molecule has 0 spiro atoms. The van der Waals surface area contributed by atoms with Gasteiger partial charge in [0.05, 0.1) is 0 Å². The Hall–Kier alpha value is -1.57. The Morgan fingerprint density at radius 3 is 2.82 bits per heavy atom. The zero-order valence-electron chi connectivity index (χ0n) is 6.07. The molecule has 0 aromatic heterocycles. The normalized spacial score (nSPS) is 10.4. The highest BCUT2D eigenvalue weighted by atomic mass is 16.6. The van der Waals surface area contributed by atoms with E-state index in [9.17, 15) is 4.79 Å². The maximum Gasteiger partial charge on any atom is 0.337 e. The van der Waals surface area contributed by atoms with E-state index >= 15 is 0 Å². The number of oxime groups is 1. The number of ether oxygens (including phenoxy) is 1. The molecule has 60 valence electrons. The van der Waals surface area contributed by atoms with Gasteiger partial charge in [-0.1, -0.05) is 6.92 Å². The van der Waals surface area contributed by atoms with E-state index in [1.807, 2.05) is 0 Å². The Kier molecular flexibility index (Phi) is 4.49. The molecule has 0 aromatic carbocycles. The van der Waals surface area contributed by atoms with Gasteiger partial charge in [0.25, 0.3) is 0 Å². The molecule has 0 bridgehead atoms. The summed E-state index contributed by atoms with van der Waals surface area (Å²) in [5, 5.41) is 18.6. The smallest absolute Gasteiger partial charge is 0.337 e. The number of nitrogens with zero attached hydrogens (tertiary/aromatic N) is 2. The van der Waals surface area contributed by atoms with E-state index in [1.54, 1.807) is 6.92 Å². The van der Waals surface area contributed by atoms with Crippen molar-refractivity contribution in [3.63, 3.8) is 0 Å². The number of hydrogen-bond donors (Lipinski definition) is 1. The van der Waals surface area contributed by atoms with Crippen molar-refractivity contribution < 1.29 is 14.7 Å². The Labute approximate surface area is 63.9 Å². The van der Waals surface area contributed by atoms with Crippen LogP contribution in [0.2, 0.25) is 0 Å². The second kappa shape index (κ2) is 5.23. The molecule has 0 heterocycles. The van der Waals surface area contributed by atoms with Crippen LogP contribution in [0.3, 0.4) is 0 Å². The lowest BCUT2D eigenvalue weighted by Gasteiger charge is -1.96. The van der Waals surface area contributed by atoms with Gasteiger partial charge in [0.1, 0.15) is 0 Å². The van der Waals surface area contributed by atoms with Crippen molar-refractivity contribution in [2.75, 3.05) is 0 Å². The number of carbonyl (C=O) groups excluding carboxylic acids is 1. The van der Waals surface area contributed by atoms with E-state index in [2.05, 4.69) is 9.89 Å². The monoisotopic (exact) mass is 156 g/mol. The maximum atomic E-state index is 10.6. The van der Waals surface area contributed by atoms with Crippen molar-refractivity contribution in [1.82, 2.24) is 0 Å². The summed E-state index contributed by atoms with van der Waals surface area (Å²) in [4.78, 5) is 10.6. The highest BCUT2D eigenvalue weighted by Crippen LogP contribution is 1.91. The lowest BCUT2D eigenvalue weighted by molar-refractivity contribution is -0.135. The van der Waals surface area contributed by atoms with Crippen LogP contribution < -0.4 is 0 Å². The zero-order valence-corrected chi connectivity index (χ0v) is 6.07. The summed E-state index contributed by atoms with van der Waals surface area (Å²) in [6.07, 6.45) is 0.837. The fourth-order valence-corrected chi connectivity index (χ4v) is 0.429. The highest BCUT2D eigenvalue weighted by Gasteiger charge is 2.05. The number of carbonyl (C=O) groups is 1. The predicted molar refractivity (Wildman–Crippen MR) is 35.8 cm³/mol. The summed E-state index contributed by atoms with van der Waals surface area (Å²) in [6.45, 7) is 1.80. The van der Waals surface area contributed by atoms with Crippen LogP contribution in [0.4, 0.5) is 0 Å². The summed E-state index contributed by atoms with van der Waals surface area (Å²) >= 11 is 0. The van der Waals surface area contributed by atoms with Crippen LogP contribution in [0.5, 0.6) is 0 Å². The van der Waals surface area contributed by atoms with Gasteiger partial charge in [-0.15, -0.1) is 0 Å². The van der Waals surface area contributed by atoms with Crippen LogP contribution in [0.25, 0.3) is 0 Å². The van der Waals surface area contributed by atoms with Crippen LogP contribution >= 0.6 is 0 Å². The molecular formula is C6H8N2O3. The van der Waals surface area contributed by atoms with Crippen LogP contribution in [0, 0.1) is 11.3 Å². The molecular weight excluding hydrogens is 148 g/mol. The molecule has 0 amide bonds. The molecule has 0 fully saturated rings. The molecule has 0 aliphatic heterocycles. The Morgan fingerprint density at radius 1 is 1.82 bits per heavy atom. The summed E-state index contributed by atoms with van der Waals surface area (Å²) in [6, 6.07) is 1.40. The van der Waals surface area contributed by atoms with E-state index in [0.717, 1.165) is 0 Å². The van der Waals surface area contributed by atoms with Crippen LogP contribution in [0.15, 0.2) is 5.16 Å². The van der Waals surface area contributed by atoms with Crippen molar-refractivity contribution in [1.29, 1.82) is 5.26 Å². The summed E-state index contributed by atoms with van der Waals surface area (Å²) in [5.41, 5.74) is 0. The average Bonchev–Trinajstić information content (AvgIpc) is 2.01. The molecule has 1 N–H and O–H groups in total. The molecule has 0 rings (SSSR count). The van der Waals surface area contributed by atoms with Crippen LogP contribution in [-0.4, -0.2) is 17.1 Å². The van der Waals surface area contributed by atoms with Crippen LogP contribution in [-0.2, 0) is 9.53 Å². The SMILES string of the molecule is CCCC(=O)O/C(C#N)=N/O. The van der Waals surface area contributed by atoms with E-state index in [0.29, 0.717) is 6.42 Å². The minimum Gasteiger partial charge on any atom is -0.407 e. The van der Waals surface area contributed by atoms with Crippen molar-refractivity contribution in [2.45, 2.75) is 19.8 Å². The van der Waals surface area contributed by atoms with Crippen LogP contribution in [0.1, 0.15) is 19.8 Å². The molecule has 0 atom stereocenters. The van der Waals surface area contributed by atoms with E-state index in [1.165, 1.54) is 6.07 Å². The fraction of sp³-hybridized carbons (Fsp3) is 0.500. The number of esters is 1. The summed E-state index contributed by atoms with van der Waals surface area (Å²) in [7, 11) is 0. The van der Waals surface area contributed by atoms with Gasteiger partial charge in [-0.25, -0.2) is 0 Å². The molecule has 0 aliphatic carbocycles. The zero-order chi connectivity index (χ0) is 8.69. The number of hydrogen-bond acceptors (Lipinski definition) is 5. The minimum atomic E-state index is -0.622. The summed E-state index contributed by atoms with van der Waals surface area (Å²) < 4.78 is 4.29. The lowest BCUT2D eigenvalue weighted by Crippen LogP contribution is -2.09. The topological polar surface area (TPSA) is 82.7 Å². The van der Waals surface area contributed by atoms with E-state index in [4.69, 9.17) is 10.5 Å². The summed E-state index contributed by atoms with van der Waals surface area (Å²) in [5.74, 6) is -1.19. The third kappa shape index (κ3) is 3.92. The Morgan fingerprint density at radius 2 is 2.45 bits per heavy atom. The van der Waals surface area contributed by atoms with Gasteiger partial charge < -0.3 is 9.94 Å². The molecule has 0 aliphatic rings. The second-order valence-electron chi connectivity index (χ2n) is 1.74. The third-order valence-corrected chi connectivity index (χ3v) is 0.851. The average molecular weight is 156 g/mol. The molecule has 0 aromatic rings. The Balaban J connectivity index is 3.86. The number of rotatable bonds is 2. The lowest BCUT2D eigenvalue weighted by atomic mass is 10.3. The fourth-order valence-electron chi connectivity index (χ4n) is 0.429. The molecule has 0 unspecified atom stereocenters. The van der Waals surface area contributed by atoms with Gasteiger partial charge in [0.2, 0.25) is 0 Å². The molecule has 0 radical (unpaired) electrons. The largest absolute Gasteiger partial charge is 0.407 e. The quantitative estimate of drug-likeness (QED) is 0.209. The van der Waals surface area contributed by atoms with Gasteiger partial charge in [0.15, 0.2) is 6.07 Å². The standard InChI is InChI=1S/C6H8N2O3/c1-2-3-6(9)11-5(4-7)8-10/h10H,2-3H2,1H3/b8-5+. The minimum absolute atomic E-state index is 0.209. The Bertz CT molecular complexity index is 204. The molecule has 5 nitrogen and oxygen atoms in total. The van der Waals surface area contributed by atoms with Crippen molar-refractivity contribution in [3.8, 4) is 6.07 Å². The molecule has 0 saturated heterocycles. The van der Waals surface area contributed by atoms with E-state index < -0.39 is 11.9 Å². The van der Waals surface area contributed by atoms with Gasteiger partial charge in [-0.3, -0.25) is 4.79 Å². The molecule has 5 heteroatoms. The van der Waals surface area contributed by atoms with Gasteiger partial charge in [0, 0.05) is 6.42 Å². The van der Waals surface area contributed by atoms with Gasteiger partial charge >= 0.3 is 11.9 Å². The predicted octanol–water partition coefficient (Wildman–Crippen LogP) is 0.641.